The molecule has 7 heteroatoms. The van der Waals surface area contributed by atoms with Crippen molar-refractivity contribution in [2.45, 2.75) is 26.8 Å². The Morgan fingerprint density at radius 3 is 2.44 bits per heavy atom. The molecule has 0 bridgehead atoms. The van der Waals surface area contributed by atoms with E-state index in [1.165, 1.54) is 7.11 Å². The highest BCUT2D eigenvalue weighted by molar-refractivity contribution is 6.44. The number of benzene rings is 1. The van der Waals surface area contributed by atoms with Gasteiger partial charge in [-0.25, -0.2) is 4.79 Å². The van der Waals surface area contributed by atoms with Crippen LogP contribution in [-0.2, 0) is 14.3 Å². The van der Waals surface area contributed by atoms with E-state index in [0.29, 0.717) is 16.8 Å². The molecule has 2 rings (SSSR count). The van der Waals surface area contributed by atoms with Crippen LogP contribution in [-0.4, -0.2) is 49.0 Å². The number of hydrogen-bond acceptors (Lipinski definition) is 5. The third-order valence-electron chi connectivity index (χ3n) is 3.96. The number of carbonyl (C=O) groups is 3. The molecule has 1 aromatic carbocycles. The highest BCUT2D eigenvalue weighted by Gasteiger charge is 2.30. The van der Waals surface area contributed by atoms with Crippen LogP contribution in [0.4, 0.5) is 0 Å². The lowest BCUT2D eigenvalue weighted by Gasteiger charge is -2.12. The molecular weight excluding hydrogens is 348 g/mol. The quantitative estimate of drug-likeness (QED) is 0.421. The minimum absolute atomic E-state index is 0.0591. The molecule has 0 aliphatic rings. The lowest BCUT2D eigenvalue weighted by molar-refractivity contribution is -0.117. The standard InChI is InChI=1S/C20H24N2O5/c1-5-27-20(25)15-13(3)22-17(16(15)14-9-7-6-8-10-14)18(23)19(24)21-12(2)11-26-4/h6-10,12,22H,5,11H2,1-4H3,(H,21,24)/t12-/m0/s1. The number of esters is 1. The van der Waals surface area contributed by atoms with Gasteiger partial charge in [0.15, 0.2) is 0 Å². The lowest BCUT2D eigenvalue weighted by Crippen LogP contribution is -2.40. The minimum Gasteiger partial charge on any atom is -0.462 e. The topological polar surface area (TPSA) is 97.5 Å². The second-order valence-electron chi connectivity index (χ2n) is 6.12. The number of ketones is 1. The van der Waals surface area contributed by atoms with Crippen LogP contribution in [0.2, 0.25) is 0 Å². The summed E-state index contributed by atoms with van der Waals surface area (Å²) in [5, 5.41) is 2.59. The molecule has 0 spiro atoms. The van der Waals surface area contributed by atoms with Gasteiger partial charge < -0.3 is 19.8 Å². The summed E-state index contributed by atoms with van der Waals surface area (Å²) < 4.78 is 10.1. The van der Waals surface area contributed by atoms with Crippen LogP contribution >= 0.6 is 0 Å². The van der Waals surface area contributed by atoms with Crippen LogP contribution in [0, 0.1) is 6.92 Å². The van der Waals surface area contributed by atoms with E-state index in [1.54, 1.807) is 45.0 Å². The van der Waals surface area contributed by atoms with Crippen LogP contribution in [0.15, 0.2) is 30.3 Å². The Kier molecular flexibility index (Phi) is 6.90. The number of carbonyl (C=O) groups excluding carboxylic acids is 3. The maximum absolute atomic E-state index is 12.8. The van der Waals surface area contributed by atoms with E-state index in [1.807, 2.05) is 6.07 Å². The van der Waals surface area contributed by atoms with Crippen molar-refractivity contribution in [1.29, 1.82) is 0 Å². The molecule has 0 fully saturated rings. The number of nitrogens with one attached hydrogen (secondary N) is 2. The van der Waals surface area contributed by atoms with E-state index in [-0.39, 0.29) is 30.5 Å². The molecule has 0 aliphatic carbocycles. The summed E-state index contributed by atoms with van der Waals surface area (Å²) in [7, 11) is 1.51. The van der Waals surface area contributed by atoms with E-state index in [4.69, 9.17) is 9.47 Å². The number of methoxy groups -OCH3 is 1. The average molecular weight is 372 g/mol. The summed E-state index contributed by atoms with van der Waals surface area (Å²) in [6.45, 7) is 5.59. The van der Waals surface area contributed by atoms with Crippen molar-refractivity contribution in [3.05, 3.63) is 47.3 Å². The first kappa shape index (κ1) is 20.4. The van der Waals surface area contributed by atoms with Gasteiger partial charge in [-0.05, 0) is 26.3 Å². The molecule has 144 valence electrons. The zero-order chi connectivity index (χ0) is 20.0. The molecule has 1 heterocycles. The van der Waals surface area contributed by atoms with Crippen molar-refractivity contribution in [2.75, 3.05) is 20.3 Å². The zero-order valence-corrected chi connectivity index (χ0v) is 15.9. The molecule has 2 aromatic rings. The highest BCUT2D eigenvalue weighted by atomic mass is 16.5. The fourth-order valence-electron chi connectivity index (χ4n) is 2.84. The average Bonchev–Trinajstić information content (AvgIpc) is 2.99. The SMILES string of the molecule is CCOC(=O)c1c(C)[nH]c(C(=O)C(=O)N[C@@H](C)COC)c1-c1ccccc1. The first-order chi connectivity index (χ1) is 12.9. The fraction of sp³-hybridized carbons (Fsp3) is 0.350. The van der Waals surface area contributed by atoms with E-state index < -0.39 is 17.7 Å². The van der Waals surface area contributed by atoms with Crippen molar-refractivity contribution in [1.82, 2.24) is 10.3 Å². The minimum atomic E-state index is -0.770. The van der Waals surface area contributed by atoms with Gasteiger partial charge in [0.25, 0.3) is 11.7 Å². The summed E-state index contributed by atoms with van der Waals surface area (Å²) in [6.07, 6.45) is 0. The largest absolute Gasteiger partial charge is 0.462 e. The number of amides is 1. The van der Waals surface area contributed by atoms with Crippen LogP contribution in [0.5, 0.6) is 0 Å². The van der Waals surface area contributed by atoms with Crippen LogP contribution in [0.3, 0.4) is 0 Å². The molecular formula is C20H24N2O5. The van der Waals surface area contributed by atoms with Gasteiger partial charge in [-0.1, -0.05) is 30.3 Å². The van der Waals surface area contributed by atoms with Crippen molar-refractivity contribution in [2.24, 2.45) is 0 Å². The number of H-pyrrole nitrogens is 1. The van der Waals surface area contributed by atoms with Crippen molar-refractivity contribution in [3.63, 3.8) is 0 Å². The molecule has 0 saturated heterocycles. The van der Waals surface area contributed by atoms with Crippen molar-refractivity contribution >= 4 is 17.7 Å². The molecule has 0 saturated carbocycles. The fourth-order valence-corrected chi connectivity index (χ4v) is 2.84. The Morgan fingerprint density at radius 1 is 1.19 bits per heavy atom. The molecule has 1 aromatic heterocycles. The van der Waals surface area contributed by atoms with Gasteiger partial charge in [-0.3, -0.25) is 9.59 Å². The number of rotatable bonds is 8. The van der Waals surface area contributed by atoms with Gasteiger partial charge in [0.05, 0.1) is 18.8 Å². The van der Waals surface area contributed by atoms with Crippen LogP contribution in [0.1, 0.15) is 40.4 Å². The summed E-state index contributed by atoms with van der Waals surface area (Å²) in [6, 6.07) is 8.63. The summed E-state index contributed by atoms with van der Waals surface area (Å²) >= 11 is 0. The first-order valence-electron chi connectivity index (χ1n) is 8.69. The van der Waals surface area contributed by atoms with Crippen LogP contribution < -0.4 is 5.32 Å². The second-order valence-corrected chi connectivity index (χ2v) is 6.12. The first-order valence-corrected chi connectivity index (χ1v) is 8.69. The monoisotopic (exact) mass is 372 g/mol. The molecule has 0 radical (unpaired) electrons. The number of ether oxygens (including phenoxy) is 2. The number of hydrogen-bond donors (Lipinski definition) is 2. The summed E-state index contributed by atoms with van der Waals surface area (Å²) in [5.41, 5.74) is 1.79. The third kappa shape index (κ3) is 4.62. The van der Waals surface area contributed by atoms with Crippen molar-refractivity contribution < 1.29 is 23.9 Å². The van der Waals surface area contributed by atoms with Gasteiger partial charge in [-0.2, -0.15) is 0 Å². The molecule has 0 aliphatic heterocycles. The Balaban J connectivity index is 2.50. The van der Waals surface area contributed by atoms with Gasteiger partial charge in [0, 0.05) is 24.4 Å². The van der Waals surface area contributed by atoms with Gasteiger partial charge >= 0.3 is 5.97 Å². The Morgan fingerprint density at radius 2 is 1.85 bits per heavy atom. The smallest absolute Gasteiger partial charge is 0.340 e. The Labute approximate surface area is 158 Å². The third-order valence-corrected chi connectivity index (χ3v) is 3.96. The highest BCUT2D eigenvalue weighted by Crippen LogP contribution is 2.31. The Bertz CT molecular complexity index is 826. The van der Waals surface area contributed by atoms with E-state index in [0.717, 1.165) is 0 Å². The van der Waals surface area contributed by atoms with Crippen molar-refractivity contribution in [3.8, 4) is 11.1 Å². The number of aromatic nitrogens is 1. The molecule has 7 nitrogen and oxygen atoms in total. The zero-order valence-electron chi connectivity index (χ0n) is 15.9. The molecule has 2 N–H and O–H groups in total. The maximum Gasteiger partial charge on any atom is 0.340 e. The number of Topliss-reactive ketones (excluding diaryl/α,β-unsaturated/α-hetero) is 1. The predicted molar refractivity (Wildman–Crippen MR) is 101 cm³/mol. The van der Waals surface area contributed by atoms with Gasteiger partial charge in [0.1, 0.15) is 5.69 Å². The second kappa shape index (κ2) is 9.14. The maximum atomic E-state index is 12.8. The predicted octanol–water partition coefficient (Wildman–Crippen LogP) is 2.50. The number of aryl methyl sites for hydroxylation is 1. The normalized spacial score (nSPS) is 11.7. The van der Waals surface area contributed by atoms with Gasteiger partial charge in [0.2, 0.25) is 0 Å². The summed E-state index contributed by atoms with van der Waals surface area (Å²) in [4.78, 5) is 40.5. The lowest BCUT2D eigenvalue weighted by atomic mass is 9.98. The van der Waals surface area contributed by atoms with Gasteiger partial charge in [-0.15, -0.1) is 0 Å². The molecule has 1 atom stereocenters. The molecule has 1 amide bonds. The Hall–Kier alpha value is -2.93. The molecule has 0 unspecified atom stereocenters. The number of aromatic amines is 1. The van der Waals surface area contributed by atoms with E-state index in [9.17, 15) is 14.4 Å². The van der Waals surface area contributed by atoms with Crippen LogP contribution in [0.25, 0.3) is 11.1 Å². The van der Waals surface area contributed by atoms with E-state index >= 15 is 0 Å². The molecule has 27 heavy (non-hydrogen) atoms. The van der Waals surface area contributed by atoms with E-state index in [2.05, 4.69) is 10.3 Å². The summed E-state index contributed by atoms with van der Waals surface area (Å²) in [5.74, 6) is -2.07.